The second kappa shape index (κ2) is 8.06. The minimum absolute atomic E-state index is 0.00931. The standard InChI is InChI=1S/C19H22N2O2S2/c1-4-14-10-15-18(20-17(5-2)21-19(15)25-14)24-11-16(22)12-6-8-13(23-3)9-7-12/h6-10,18H,4-5,11H2,1-3H3,(H,20,21). The van der Waals surface area contributed by atoms with Crippen LogP contribution in [-0.4, -0.2) is 24.5 Å². The smallest absolute Gasteiger partial charge is 0.172 e. The van der Waals surface area contributed by atoms with Gasteiger partial charge >= 0.3 is 0 Å². The maximum Gasteiger partial charge on any atom is 0.172 e. The average Bonchev–Trinajstić information content (AvgIpc) is 3.09. The van der Waals surface area contributed by atoms with E-state index in [-0.39, 0.29) is 11.2 Å². The summed E-state index contributed by atoms with van der Waals surface area (Å²) in [6.45, 7) is 4.25. The monoisotopic (exact) mass is 374 g/mol. The second-order valence-electron chi connectivity index (χ2n) is 5.72. The van der Waals surface area contributed by atoms with Crippen molar-refractivity contribution in [2.24, 2.45) is 4.99 Å². The van der Waals surface area contributed by atoms with E-state index < -0.39 is 0 Å². The summed E-state index contributed by atoms with van der Waals surface area (Å²) >= 11 is 3.38. The predicted octanol–water partition coefficient (Wildman–Crippen LogP) is 5.17. The summed E-state index contributed by atoms with van der Waals surface area (Å²) in [6, 6.07) is 9.49. The maximum absolute atomic E-state index is 12.5. The molecule has 4 nitrogen and oxygen atoms in total. The molecule has 1 atom stereocenters. The van der Waals surface area contributed by atoms with Crippen molar-refractivity contribution in [1.82, 2.24) is 0 Å². The lowest BCUT2D eigenvalue weighted by atomic mass is 10.1. The fourth-order valence-electron chi connectivity index (χ4n) is 2.61. The van der Waals surface area contributed by atoms with E-state index in [4.69, 9.17) is 9.73 Å². The summed E-state index contributed by atoms with van der Waals surface area (Å²) in [5.74, 6) is 2.28. The molecule has 0 fully saturated rings. The lowest BCUT2D eigenvalue weighted by molar-refractivity contribution is 0.102. The number of nitrogens with zero attached hydrogens (tertiary/aromatic N) is 1. The van der Waals surface area contributed by atoms with E-state index in [2.05, 4.69) is 25.2 Å². The number of rotatable bonds is 7. The molecule has 6 heteroatoms. The molecule has 1 unspecified atom stereocenters. The van der Waals surface area contributed by atoms with Gasteiger partial charge < -0.3 is 10.1 Å². The van der Waals surface area contributed by atoms with Gasteiger partial charge in [-0.15, -0.1) is 23.1 Å². The first kappa shape index (κ1) is 18.0. The van der Waals surface area contributed by atoms with Crippen molar-refractivity contribution >= 4 is 39.7 Å². The van der Waals surface area contributed by atoms with Crippen LogP contribution in [0.4, 0.5) is 5.00 Å². The van der Waals surface area contributed by atoms with Gasteiger partial charge in [-0.05, 0) is 36.8 Å². The Morgan fingerprint density at radius 3 is 2.68 bits per heavy atom. The molecule has 3 rings (SSSR count). The highest BCUT2D eigenvalue weighted by Crippen LogP contribution is 2.43. The zero-order valence-corrected chi connectivity index (χ0v) is 16.3. The number of benzene rings is 1. The Kier molecular flexibility index (Phi) is 5.81. The molecule has 1 aromatic carbocycles. The predicted molar refractivity (Wildman–Crippen MR) is 108 cm³/mol. The van der Waals surface area contributed by atoms with E-state index in [1.54, 1.807) is 30.2 Å². The zero-order chi connectivity index (χ0) is 17.8. The number of carbonyl (C=O) groups excluding carboxylic acids is 1. The van der Waals surface area contributed by atoms with Crippen molar-refractivity contribution < 1.29 is 9.53 Å². The molecule has 0 saturated heterocycles. The molecule has 2 heterocycles. The molecule has 0 aliphatic carbocycles. The quantitative estimate of drug-likeness (QED) is 0.680. The van der Waals surface area contributed by atoms with Crippen LogP contribution in [-0.2, 0) is 6.42 Å². The number of methoxy groups -OCH3 is 1. The van der Waals surface area contributed by atoms with Crippen molar-refractivity contribution in [1.29, 1.82) is 0 Å². The number of anilines is 1. The molecule has 1 N–H and O–H groups in total. The van der Waals surface area contributed by atoms with Gasteiger partial charge in [-0.25, -0.2) is 0 Å². The van der Waals surface area contributed by atoms with Crippen LogP contribution in [0.5, 0.6) is 5.75 Å². The van der Waals surface area contributed by atoms with Gasteiger partial charge in [0.1, 0.15) is 22.0 Å². The van der Waals surface area contributed by atoms with Gasteiger partial charge in [0.25, 0.3) is 0 Å². The minimum atomic E-state index is -0.00931. The Morgan fingerprint density at radius 1 is 1.28 bits per heavy atom. The first-order chi connectivity index (χ1) is 12.1. The fraction of sp³-hybridized carbons (Fsp3) is 0.368. The summed E-state index contributed by atoms with van der Waals surface area (Å²) in [7, 11) is 1.62. The lowest BCUT2D eigenvalue weighted by Gasteiger charge is -2.21. The van der Waals surface area contributed by atoms with E-state index >= 15 is 0 Å². The molecule has 2 aromatic rings. The number of ether oxygens (including phenoxy) is 1. The van der Waals surface area contributed by atoms with E-state index in [0.29, 0.717) is 11.3 Å². The topological polar surface area (TPSA) is 50.7 Å². The lowest BCUT2D eigenvalue weighted by Crippen LogP contribution is -2.17. The third kappa shape index (κ3) is 4.07. The summed E-state index contributed by atoms with van der Waals surface area (Å²) in [5, 5.41) is 4.59. The zero-order valence-electron chi connectivity index (χ0n) is 14.7. The number of aliphatic imine (C=N–C) groups is 1. The van der Waals surface area contributed by atoms with E-state index in [9.17, 15) is 4.79 Å². The Bertz CT molecular complexity index is 781. The van der Waals surface area contributed by atoms with Crippen LogP contribution in [0.15, 0.2) is 35.3 Å². The van der Waals surface area contributed by atoms with Crippen LogP contribution in [0.25, 0.3) is 0 Å². The number of amidine groups is 1. The van der Waals surface area contributed by atoms with Crippen molar-refractivity contribution in [2.75, 3.05) is 18.2 Å². The van der Waals surface area contributed by atoms with Crippen LogP contribution in [0.3, 0.4) is 0 Å². The summed E-state index contributed by atoms with van der Waals surface area (Å²) < 4.78 is 5.14. The molecule has 0 amide bonds. The molecular formula is C19H22N2O2S2. The molecule has 25 heavy (non-hydrogen) atoms. The molecule has 1 aliphatic rings. The third-order valence-corrected chi connectivity index (χ3v) is 6.39. The third-order valence-electron chi connectivity index (χ3n) is 4.08. The summed E-state index contributed by atoms with van der Waals surface area (Å²) in [6.07, 6.45) is 1.88. The molecule has 1 aliphatic heterocycles. The number of ketones is 1. The second-order valence-corrected chi connectivity index (χ2v) is 7.93. The van der Waals surface area contributed by atoms with Gasteiger partial charge in [0.05, 0.1) is 12.9 Å². The highest BCUT2D eigenvalue weighted by molar-refractivity contribution is 8.00. The maximum atomic E-state index is 12.5. The van der Waals surface area contributed by atoms with Gasteiger partial charge in [-0.1, -0.05) is 13.8 Å². The Balaban J connectivity index is 1.72. The molecule has 0 radical (unpaired) electrons. The Labute approximate surface area is 156 Å². The van der Waals surface area contributed by atoms with Gasteiger partial charge in [0, 0.05) is 22.4 Å². The molecular weight excluding hydrogens is 352 g/mol. The number of thiophene rings is 1. The summed E-state index contributed by atoms with van der Waals surface area (Å²) in [4.78, 5) is 18.6. The van der Waals surface area contributed by atoms with E-state index in [0.717, 1.165) is 24.4 Å². The number of carbonyl (C=O) groups is 1. The van der Waals surface area contributed by atoms with Gasteiger partial charge in [0.15, 0.2) is 5.78 Å². The molecule has 1 aromatic heterocycles. The number of thioether (sulfide) groups is 1. The normalized spacial score (nSPS) is 16.0. The van der Waals surface area contributed by atoms with Gasteiger partial charge in [-0.2, -0.15) is 0 Å². The average molecular weight is 375 g/mol. The molecule has 132 valence electrons. The minimum Gasteiger partial charge on any atom is -0.497 e. The highest BCUT2D eigenvalue weighted by atomic mass is 32.2. The number of hydrogen-bond acceptors (Lipinski definition) is 6. The first-order valence-electron chi connectivity index (χ1n) is 8.39. The number of aryl methyl sites for hydroxylation is 1. The molecule has 0 spiro atoms. The fourth-order valence-corrected chi connectivity index (χ4v) is 4.78. The molecule has 0 saturated carbocycles. The van der Waals surface area contributed by atoms with Gasteiger partial charge in [0.2, 0.25) is 0 Å². The molecule has 0 bridgehead atoms. The number of fused-ring (bicyclic) bond motifs is 1. The number of nitrogens with one attached hydrogen (secondary N) is 1. The van der Waals surface area contributed by atoms with Crippen molar-refractivity contribution in [3.05, 3.63) is 46.3 Å². The van der Waals surface area contributed by atoms with Crippen LogP contribution >= 0.6 is 23.1 Å². The van der Waals surface area contributed by atoms with Crippen molar-refractivity contribution in [3.63, 3.8) is 0 Å². The van der Waals surface area contributed by atoms with Crippen LogP contribution in [0.1, 0.15) is 46.4 Å². The van der Waals surface area contributed by atoms with Crippen LogP contribution in [0, 0.1) is 0 Å². The van der Waals surface area contributed by atoms with Gasteiger partial charge in [-0.3, -0.25) is 9.79 Å². The van der Waals surface area contributed by atoms with Crippen LogP contribution in [0.2, 0.25) is 0 Å². The Morgan fingerprint density at radius 2 is 2.04 bits per heavy atom. The van der Waals surface area contributed by atoms with Crippen LogP contribution < -0.4 is 10.1 Å². The van der Waals surface area contributed by atoms with E-state index in [1.165, 1.54) is 15.4 Å². The number of hydrogen-bond donors (Lipinski definition) is 1. The first-order valence-corrected chi connectivity index (χ1v) is 10.3. The van der Waals surface area contributed by atoms with E-state index in [1.807, 2.05) is 24.3 Å². The largest absolute Gasteiger partial charge is 0.497 e. The summed E-state index contributed by atoms with van der Waals surface area (Å²) in [5.41, 5.74) is 1.91. The SMILES string of the molecule is CCC1=NC(SCC(=O)c2ccc(OC)cc2)c2cc(CC)sc2N1. The highest BCUT2D eigenvalue weighted by Gasteiger charge is 2.24. The number of Topliss-reactive ketones (excluding diaryl/α,β-unsaturated/α-hetero) is 1. The van der Waals surface area contributed by atoms with Crippen molar-refractivity contribution in [2.45, 2.75) is 32.1 Å². The van der Waals surface area contributed by atoms with Crippen molar-refractivity contribution in [3.8, 4) is 5.75 Å². The Hall–Kier alpha value is -1.79.